The van der Waals surface area contributed by atoms with E-state index in [9.17, 15) is 0 Å². The zero-order valence-electron chi connectivity index (χ0n) is 12.8. The molecule has 0 fully saturated rings. The summed E-state index contributed by atoms with van der Waals surface area (Å²) in [5, 5.41) is 0. The van der Waals surface area contributed by atoms with Gasteiger partial charge in [0, 0.05) is 7.11 Å². The van der Waals surface area contributed by atoms with Gasteiger partial charge in [-0.05, 0) is 39.5 Å². The van der Waals surface area contributed by atoms with Crippen LogP contribution in [0.5, 0.6) is 0 Å². The molecule has 0 heterocycles. The topological polar surface area (TPSA) is 18.5 Å². The number of hydrogen-bond acceptors (Lipinski definition) is 2. The summed E-state index contributed by atoms with van der Waals surface area (Å²) in [4.78, 5) is 0. The first-order chi connectivity index (χ1) is 7.95. The zero-order chi connectivity index (χ0) is 13.4. The fraction of sp³-hybridized carbons (Fsp3) is 1.00. The number of ether oxygens (including phenoxy) is 2. The normalized spacial score (nSPS) is 18.7. The molecule has 0 rings (SSSR count). The highest BCUT2D eigenvalue weighted by Gasteiger charge is 2.25. The van der Waals surface area contributed by atoms with Crippen molar-refractivity contribution in [3.8, 4) is 0 Å². The average molecular weight is 244 g/mol. The monoisotopic (exact) mass is 244 g/mol. The minimum atomic E-state index is -0.0284. The highest BCUT2D eigenvalue weighted by atomic mass is 16.5. The van der Waals surface area contributed by atoms with Gasteiger partial charge in [-0.15, -0.1) is 0 Å². The van der Waals surface area contributed by atoms with E-state index in [0.717, 1.165) is 32.3 Å². The van der Waals surface area contributed by atoms with E-state index in [1.807, 2.05) is 0 Å². The lowest BCUT2D eigenvalue weighted by atomic mass is 9.95. The van der Waals surface area contributed by atoms with Crippen molar-refractivity contribution in [2.45, 2.75) is 84.3 Å². The van der Waals surface area contributed by atoms with Crippen LogP contribution in [0, 0.1) is 0 Å². The Morgan fingerprint density at radius 1 is 0.882 bits per heavy atom. The van der Waals surface area contributed by atoms with Crippen LogP contribution in [0.4, 0.5) is 0 Å². The molecule has 0 spiro atoms. The summed E-state index contributed by atoms with van der Waals surface area (Å²) in [7, 11) is 1.79. The van der Waals surface area contributed by atoms with Gasteiger partial charge in [0.05, 0.1) is 17.8 Å². The number of unbranched alkanes of at least 4 members (excludes halogenated alkanes) is 1. The third-order valence-corrected chi connectivity index (χ3v) is 4.13. The minimum Gasteiger partial charge on any atom is -0.378 e. The molecule has 2 atom stereocenters. The smallest absolute Gasteiger partial charge is 0.0670 e. The number of hydrogen-bond donors (Lipinski definition) is 0. The van der Waals surface area contributed by atoms with Crippen molar-refractivity contribution in [1.82, 2.24) is 0 Å². The minimum absolute atomic E-state index is 0.0284. The highest BCUT2D eigenvalue weighted by molar-refractivity contribution is 4.76. The van der Waals surface area contributed by atoms with Crippen LogP contribution >= 0.6 is 0 Å². The summed E-state index contributed by atoms with van der Waals surface area (Å²) in [6, 6.07) is 0. The van der Waals surface area contributed by atoms with Crippen LogP contribution in [0.25, 0.3) is 0 Å². The van der Waals surface area contributed by atoms with Crippen molar-refractivity contribution in [3.05, 3.63) is 0 Å². The van der Waals surface area contributed by atoms with Gasteiger partial charge in [-0.25, -0.2) is 0 Å². The lowest BCUT2D eigenvalue weighted by Crippen LogP contribution is -2.33. The molecule has 0 aliphatic carbocycles. The maximum absolute atomic E-state index is 6.10. The molecule has 0 aromatic heterocycles. The van der Waals surface area contributed by atoms with Crippen molar-refractivity contribution in [3.63, 3.8) is 0 Å². The second-order valence-corrected chi connectivity index (χ2v) is 5.51. The molecule has 104 valence electrons. The molecule has 0 saturated heterocycles. The molecule has 0 bridgehead atoms. The summed E-state index contributed by atoms with van der Waals surface area (Å²) in [6.45, 7) is 11.8. The van der Waals surface area contributed by atoms with Gasteiger partial charge in [-0.2, -0.15) is 0 Å². The molecule has 2 heteroatoms. The van der Waals surface area contributed by atoms with Crippen LogP contribution in [0.15, 0.2) is 0 Å². The van der Waals surface area contributed by atoms with Gasteiger partial charge < -0.3 is 9.47 Å². The van der Waals surface area contributed by atoms with Crippen molar-refractivity contribution in [2.24, 2.45) is 0 Å². The maximum atomic E-state index is 6.10. The van der Waals surface area contributed by atoms with Gasteiger partial charge in [0.25, 0.3) is 0 Å². The van der Waals surface area contributed by atoms with Crippen LogP contribution in [0.3, 0.4) is 0 Å². The third-order valence-electron chi connectivity index (χ3n) is 4.13. The molecule has 0 aliphatic rings. The predicted molar refractivity (Wildman–Crippen MR) is 74.5 cm³/mol. The zero-order valence-corrected chi connectivity index (χ0v) is 12.8. The first kappa shape index (κ1) is 16.9. The fourth-order valence-corrected chi connectivity index (χ4v) is 1.84. The SMILES string of the molecule is CCCCC(C)(CC)OCCC(C)(CC)OC. The molecular formula is C15H32O2. The maximum Gasteiger partial charge on any atom is 0.0670 e. The van der Waals surface area contributed by atoms with E-state index in [0.29, 0.717) is 0 Å². The molecule has 0 amide bonds. The van der Waals surface area contributed by atoms with Crippen LogP contribution in [0.1, 0.15) is 73.1 Å². The molecule has 0 aromatic carbocycles. The lowest BCUT2D eigenvalue weighted by molar-refractivity contribution is -0.0784. The van der Waals surface area contributed by atoms with E-state index in [4.69, 9.17) is 9.47 Å². The quantitative estimate of drug-likeness (QED) is 0.560. The molecule has 0 aromatic rings. The van der Waals surface area contributed by atoms with E-state index < -0.39 is 0 Å². The van der Waals surface area contributed by atoms with Crippen LogP contribution in [-0.2, 0) is 9.47 Å². The Morgan fingerprint density at radius 3 is 1.88 bits per heavy atom. The molecule has 2 unspecified atom stereocenters. The van der Waals surface area contributed by atoms with E-state index in [1.165, 1.54) is 12.8 Å². The summed E-state index contributed by atoms with van der Waals surface area (Å²) in [5.41, 5.74) is 0.0256. The number of rotatable bonds is 10. The van der Waals surface area contributed by atoms with Crippen molar-refractivity contribution < 1.29 is 9.47 Å². The predicted octanol–water partition coefficient (Wildman–Crippen LogP) is 4.57. The van der Waals surface area contributed by atoms with Crippen molar-refractivity contribution in [2.75, 3.05) is 13.7 Å². The molecule has 0 aliphatic heterocycles. The van der Waals surface area contributed by atoms with E-state index in [1.54, 1.807) is 7.11 Å². The Morgan fingerprint density at radius 2 is 1.47 bits per heavy atom. The average Bonchev–Trinajstić information content (AvgIpc) is 2.36. The number of methoxy groups -OCH3 is 1. The Hall–Kier alpha value is -0.0800. The molecule has 17 heavy (non-hydrogen) atoms. The second kappa shape index (κ2) is 8.10. The fourth-order valence-electron chi connectivity index (χ4n) is 1.84. The Balaban J connectivity index is 4.06. The molecular weight excluding hydrogens is 212 g/mol. The first-order valence-corrected chi connectivity index (χ1v) is 7.14. The Kier molecular flexibility index (Phi) is 8.06. The van der Waals surface area contributed by atoms with E-state index in [2.05, 4.69) is 34.6 Å². The summed E-state index contributed by atoms with van der Waals surface area (Å²) in [5.74, 6) is 0. The third kappa shape index (κ3) is 6.42. The Bertz CT molecular complexity index is 187. The largest absolute Gasteiger partial charge is 0.378 e. The summed E-state index contributed by atoms with van der Waals surface area (Å²) < 4.78 is 11.6. The van der Waals surface area contributed by atoms with Gasteiger partial charge >= 0.3 is 0 Å². The molecule has 0 saturated carbocycles. The van der Waals surface area contributed by atoms with Crippen molar-refractivity contribution >= 4 is 0 Å². The van der Waals surface area contributed by atoms with E-state index in [-0.39, 0.29) is 11.2 Å². The van der Waals surface area contributed by atoms with Gasteiger partial charge in [0.15, 0.2) is 0 Å². The van der Waals surface area contributed by atoms with Gasteiger partial charge in [-0.3, -0.25) is 0 Å². The molecule has 2 nitrogen and oxygen atoms in total. The van der Waals surface area contributed by atoms with Crippen LogP contribution in [-0.4, -0.2) is 24.9 Å². The second-order valence-electron chi connectivity index (χ2n) is 5.51. The first-order valence-electron chi connectivity index (χ1n) is 7.14. The molecule has 0 N–H and O–H groups in total. The van der Waals surface area contributed by atoms with E-state index >= 15 is 0 Å². The van der Waals surface area contributed by atoms with Crippen LogP contribution < -0.4 is 0 Å². The van der Waals surface area contributed by atoms with Gasteiger partial charge in [0.1, 0.15) is 0 Å². The molecule has 0 radical (unpaired) electrons. The van der Waals surface area contributed by atoms with Gasteiger partial charge in [0.2, 0.25) is 0 Å². The summed E-state index contributed by atoms with van der Waals surface area (Å²) >= 11 is 0. The highest BCUT2D eigenvalue weighted by Crippen LogP contribution is 2.25. The standard InChI is InChI=1S/C15H32O2/c1-7-10-11-15(5,9-3)17-13-12-14(4,8-2)16-6/h7-13H2,1-6H3. The summed E-state index contributed by atoms with van der Waals surface area (Å²) in [6.07, 6.45) is 6.74. The van der Waals surface area contributed by atoms with Crippen LogP contribution in [0.2, 0.25) is 0 Å². The van der Waals surface area contributed by atoms with Crippen molar-refractivity contribution in [1.29, 1.82) is 0 Å². The van der Waals surface area contributed by atoms with Gasteiger partial charge in [-0.1, -0.05) is 33.6 Å². The lowest BCUT2D eigenvalue weighted by Gasteiger charge is -2.32. The Labute approximate surface area is 108 Å².